The Morgan fingerprint density at radius 1 is 1.27 bits per heavy atom. The third-order valence-corrected chi connectivity index (χ3v) is 4.22. The Labute approximate surface area is 156 Å². The van der Waals surface area contributed by atoms with Crippen molar-refractivity contribution < 1.29 is 14.3 Å². The number of carbonyl (C=O) groups is 1. The molecular formula is C19H20ClN3O3. The third kappa shape index (κ3) is 4.26. The van der Waals surface area contributed by atoms with Crippen molar-refractivity contribution >= 4 is 28.6 Å². The summed E-state index contributed by atoms with van der Waals surface area (Å²) in [5, 5.41) is 8.40. The Kier molecular flexibility index (Phi) is 5.63. The number of alkyl carbamates (subject to hydrolysis) is 1. The number of hydrogen-bond acceptors (Lipinski definition) is 4. The van der Waals surface area contributed by atoms with Crippen LogP contribution in [0.15, 0.2) is 48.5 Å². The van der Waals surface area contributed by atoms with Gasteiger partial charge in [0.15, 0.2) is 5.15 Å². The van der Waals surface area contributed by atoms with Gasteiger partial charge in [-0.05, 0) is 24.6 Å². The van der Waals surface area contributed by atoms with Crippen molar-refractivity contribution in [2.24, 2.45) is 0 Å². The molecular weight excluding hydrogens is 354 g/mol. The molecule has 1 aromatic heterocycles. The molecule has 0 radical (unpaired) electrons. The van der Waals surface area contributed by atoms with Gasteiger partial charge in [0.05, 0.1) is 19.2 Å². The molecule has 0 aliphatic rings. The molecule has 136 valence electrons. The first-order chi connectivity index (χ1) is 12.6. The third-order valence-electron chi connectivity index (χ3n) is 3.94. The molecule has 6 nitrogen and oxygen atoms in total. The number of amides is 1. The van der Waals surface area contributed by atoms with Gasteiger partial charge in [-0.3, -0.25) is 4.68 Å². The lowest BCUT2D eigenvalue weighted by molar-refractivity contribution is 0.135. The Bertz CT molecular complexity index is 896. The summed E-state index contributed by atoms with van der Waals surface area (Å²) in [6.07, 6.45) is -0.471. The molecule has 1 N–H and O–H groups in total. The maximum atomic E-state index is 12.0. The molecule has 0 saturated heterocycles. The highest BCUT2D eigenvalue weighted by molar-refractivity contribution is 6.34. The number of carbonyl (C=O) groups excluding carboxylic acids is 1. The minimum Gasteiger partial charge on any atom is -0.497 e. The number of ether oxygens (including phenoxy) is 2. The molecule has 3 aromatic rings. The maximum absolute atomic E-state index is 12.0. The number of nitrogens with zero attached hydrogens (tertiary/aromatic N) is 2. The van der Waals surface area contributed by atoms with Crippen molar-refractivity contribution in [2.75, 3.05) is 7.11 Å². The summed E-state index contributed by atoms with van der Waals surface area (Å²) in [5.41, 5.74) is 1.79. The van der Waals surface area contributed by atoms with Gasteiger partial charge in [0.1, 0.15) is 12.4 Å². The first-order valence-corrected chi connectivity index (χ1v) is 8.62. The second kappa shape index (κ2) is 8.10. The van der Waals surface area contributed by atoms with E-state index in [1.807, 2.05) is 55.5 Å². The lowest BCUT2D eigenvalue weighted by atomic mass is 10.2. The number of methoxy groups -OCH3 is 1. The predicted molar refractivity (Wildman–Crippen MR) is 101 cm³/mol. The van der Waals surface area contributed by atoms with Crippen molar-refractivity contribution in [2.45, 2.75) is 26.1 Å². The standard InChI is InChI=1S/C19H20ClN3O3/c1-13(21-19(24)26-12-14-6-4-3-5-7-14)11-23-17-10-15(25-2)8-9-16(17)18(20)22-23/h3-10,13H,11-12H2,1-2H3,(H,21,24). The van der Waals surface area contributed by atoms with Crippen molar-refractivity contribution in [1.29, 1.82) is 0 Å². The summed E-state index contributed by atoms with van der Waals surface area (Å²) in [4.78, 5) is 12.0. The number of aromatic nitrogens is 2. The van der Waals surface area contributed by atoms with Gasteiger partial charge in [-0.25, -0.2) is 4.79 Å². The minimum atomic E-state index is -0.471. The van der Waals surface area contributed by atoms with Crippen LogP contribution in [0.25, 0.3) is 10.9 Å². The molecule has 3 rings (SSSR count). The first-order valence-electron chi connectivity index (χ1n) is 8.24. The number of rotatable bonds is 6. The zero-order valence-corrected chi connectivity index (χ0v) is 15.4. The van der Waals surface area contributed by atoms with Crippen LogP contribution in [-0.2, 0) is 17.9 Å². The number of halogens is 1. The highest BCUT2D eigenvalue weighted by Gasteiger charge is 2.14. The molecule has 0 aliphatic heterocycles. The minimum absolute atomic E-state index is 0.191. The van der Waals surface area contributed by atoms with E-state index >= 15 is 0 Å². The van der Waals surface area contributed by atoms with Gasteiger partial charge in [-0.1, -0.05) is 41.9 Å². The van der Waals surface area contributed by atoms with E-state index in [2.05, 4.69) is 10.4 Å². The van der Waals surface area contributed by atoms with Crippen molar-refractivity contribution in [1.82, 2.24) is 15.1 Å². The SMILES string of the molecule is COc1ccc2c(Cl)nn(CC(C)NC(=O)OCc3ccccc3)c2c1. The largest absolute Gasteiger partial charge is 0.497 e. The average molecular weight is 374 g/mol. The Morgan fingerprint density at radius 3 is 2.77 bits per heavy atom. The highest BCUT2D eigenvalue weighted by atomic mass is 35.5. The van der Waals surface area contributed by atoms with Crippen LogP contribution in [0, 0.1) is 0 Å². The molecule has 7 heteroatoms. The van der Waals surface area contributed by atoms with Crippen molar-refractivity contribution in [3.63, 3.8) is 0 Å². The highest BCUT2D eigenvalue weighted by Crippen LogP contribution is 2.26. The Balaban J connectivity index is 1.61. The predicted octanol–water partition coefficient (Wildman–Crippen LogP) is 4.01. The van der Waals surface area contributed by atoms with Crippen LogP contribution in [0.1, 0.15) is 12.5 Å². The number of fused-ring (bicyclic) bond motifs is 1. The van der Waals surface area contributed by atoms with Gasteiger partial charge in [0.25, 0.3) is 0 Å². The number of hydrogen-bond donors (Lipinski definition) is 1. The first kappa shape index (κ1) is 18.1. The average Bonchev–Trinajstić information content (AvgIpc) is 2.95. The summed E-state index contributed by atoms with van der Waals surface area (Å²) in [6, 6.07) is 14.9. The van der Waals surface area contributed by atoms with Crippen molar-refractivity contribution in [3.8, 4) is 5.75 Å². The zero-order valence-electron chi connectivity index (χ0n) is 14.6. The van der Waals surface area contributed by atoms with E-state index in [9.17, 15) is 4.79 Å². The lowest BCUT2D eigenvalue weighted by Crippen LogP contribution is -2.36. The summed E-state index contributed by atoms with van der Waals surface area (Å²) in [6.45, 7) is 2.56. The van der Waals surface area contributed by atoms with E-state index in [1.54, 1.807) is 11.8 Å². The maximum Gasteiger partial charge on any atom is 0.407 e. The van der Waals surface area contributed by atoms with E-state index in [1.165, 1.54) is 0 Å². The molecule has 1 atom stereocenters. The topological polar surface area (TPSA) is 65.4 Å². The lowest BCUT2D eigenvalue weighted by Gasteiger charge is -2.15. The van der Waals surface area contributed by atoms with Crippen molar-refractivity contribution in [3.05, 3.63) is 59.2 Å². The summed E-state index contributed by atoms with van der Waals surface area (Å²) >= 11 is 6.20. The molecule has 2 aromatic carbocycles. The molecule has 1 heterocycles. The molecule has 0 aliphatic carbocycles. The Hall–Kier alpha value is -2.73. The molecule has 1 unspecified atom stereocenters. The summed E-state index contributed by atoms with van der Waals surface area (Å²) in [7, 11) is 1.61. The molecule has 0 bridgehead atoms. The second-order valence-electron chi connectivity index (χ2n) is 5.96. The molecule has 1 amide bonds. The van der Waals surface area contributed by atoms with Crippen LogP contribution >= 0.6 is 11.6 Å². The van der Waals surface area contributed by atoms with E-state index in [0.717, 1.165) is 22.2 Å². The fourth-order valence-corrected chi connectivity index (χ4v) is 2.90. The molecule has 0 saturated carbocycles. The fourth-order valence-electron chi connectivity index (χ4n) is 2.65. The van der Waals surface area contributed by atoms with Gasteiger partial charge < -0.3 is 14.8 Å². The molecule has 26 heavy (non-hydrogen) atoms. The van der Waals surface area contributed by atoms with E-state index < -0.39 is 6.09 Å². The van der Waals surface area contributed by atoms with Crippen LogP contribution in [0.2, 0.25) is 5.15 Å². The molecule has 0 spiro atoms. The second-order valence-corrected chi connectivity index (χ2v) is 6.32. The molecule has 0 fully saturated rings. The van der Waals surface area contributed by atoms with E-state index in [-0.39, 0.29) is 12.6 Å². The van der Waals surface area contributed by atoms with Crippen LogP contribution in [0.3, 0.4) is 0 Å². The van der Waals surface area contributed by atoms with E-state index in [4.69, 9.17) is 21.1 Å². The van der Waals surface area contributed by atoms with Crippen LogP contribution in [0.5, 0.6) is 5.75 Å². The number of nitrogens with one attached hydrogen (secondary N) is 1. The number of benzene rings is 2. The quantitative estimate of drug-likeness (QED) is 0.708. The van der Waals surface area contributed by atoms with Gasteiger partial charge in [0, 0.05) is 17.5 Å². The van der Waals surface area contributed by atoms with Gasteiger partial charge in [-0.15, -0.1) is 0 Å². The Morgan fingerprint density at radius 2 is 2.04 bits per heavy atom. The normalized spacial score (nSPS) is 12.0. The van der Waals surface area contributed by atoms with Crippen LogP contribution < -0.4 is 10.1 Å². The fraction of sp³-hybridized carbons (Fsp3) is 0.263. The van der Waals surface area contributed by atoms with Gasteiger partial charge >= 0.3 is 6.09 Å². The van der Waals surface area contributed by atoms with Gasteiger partial charge in [0.2, 0.25) is 0 Å². The van der Waals surface area contributed by atoms with Gasteiger partial charge in [-0.2, -0.15) is 5.10 Å². The monoisotopic (exact) mass is 373 g/mol. The van der Waals surface area contributed by atoms with Crippen LogP contribution in [-0.4, -0.2) is 29.0 Å². The summed E-state index contributed by atoms with van der Waals surface area (Å²) in [5.74, 6) is 0.721. The van der Waals surface area contributed by atoms with Crippen LogP contribution in [0.4, 0.5) is 4.79 Å². The smallest absolute Gasteiger partial charge is 0.407 e. The summed E-state index contributed by atoms with van der Waals surface area (Å²) < 4.78 is 12.2. The van der Waals surface area contributed by atoms with E-state index in [0.29, 0.717) is 11.7 Å². The zero-order chi connectivity index (χ0) is 18.5.